The zero-order valence-corrected chi connectivity index (χ0v) is 35.0. The minimum Gasteiger partial charge on any atom is -0.462 e. The second-order valence-electron chi connectivity index (χ2n) is 17.3. The van der Waals surface area contributed by atoms with Crippen molar-refractivity contribution in [3.05, 3.63) is 47.1 Å². The summed E-state index contributed by atoms with van der Waals surface area (Å²) in [6.45, 7) is 12.0. The molecule has 15 heteroatoms. The molecule has 2 bridgehead atoms. The van der Waals surface area contributed by atoms with E-state index in [0.717, 1.165) is 5.57 Å². The van der Waals surface area contributed by atoms with Crippen molar-refractivity contribution in [2.75, 3.05) is 34.0 Å². The molecule has 1 spiro atoms. The molecule has 15 nitrogen and oxygen atoms in total. The van der Waals surface area contributed by atoms with Gasteiger partial charge in [-0.1, -0.05) is 37.3 Å². The van der Waals surface area contributed by atoms with Gasteiger partial charge in [0.1, 0.15) is 48.6 Å². The molecule has 326 valence electrons. The van der Waals surface area contributed by atoms with Crippen LogP contribution in [0.3, 0.4) is 0 Å². The molecule has 0 aromatic carbocycles. The van der Waals surface area contributed by atoms with E-state index in [2.05, 4.69) is 6.08 Å². The first-order valence-electron chi connectivity index (χ1n) is 20.9. The first kappa shape index (κ1) is 44.0. The maximum atomic E-state index is 14.1. The Morgan fingerprint density at radius 2 is 1.60 bits per heavy atom. The number of carbonyl (C=O) groups is 1. The van der Waals surface area contributed by atoms with Crippen molar-refractivity contribution in [2.24, 2.45) is 11.8 Å². The van der Waals surface area contributed by atoms with Crippen LogP contribution in [-0.4, -0.2) is 153 Å². The molecule has 7 rings (SSSR count). The van der Waals surface area contributed by atoms with Crippen molar-refractivity contribution in [2.45, 2.75) is 171 Å². The van der Waals surface area contributed by atoms with E-state index < -0.39 is 96.9 Å². The Morgan fingerprint density at radius 1 is 0.879 bits per heavy atom. The van der Waals surface area contributed by atoms with Crippen molar-refractivity contribution >= 4 is 5.97 Å². The lowest BCUT2D eigenvalue weighted by Gasteiger charge is -2.47. The number of methoxy groups -OCH3 is 2. The van der Waals surface area contributed by atoms with Crippen LogP contribution in [0, 0.1) is 11.8 Å². The number of ether oxygens (including phenoxy) is 11. The monoisotopic (exact) mass is 820 g/mol. The molecule has 3 N–H and O–H groups in total. The molecule has 58 heavy (non-hydrogen) atoms. The third-order valence-corrected chi connectivity index (χ3v) is 13.0. The molecule has 1 aliphatic carbocycles. The number of aliphatic hydroxyl groups is 3. The molecule has 18 atom stereocenters. The Kier molecular flexibility index (Phi) is 13.7. The summed E-state index contributed by atoms with van der Waals surface area (Å²) < 4.78 is 68.4. The Bertz CT molecular complexity index is 1570. The molecular weight excluding hydrogens is 756 g/mol. The van der Waals surface area contributed by atoms with E-state index in [1.807, 2.05) is 39.8 Å². The van der Waals surface area contributed by atoms with Crippen LogP contribution in [-0.2, 0) is 56.9 Å². The molecular formula is C43H64O15. The quantitative estimate of drug-likeness (QED) is 0.263. The third-order valence-electron chi connectivity index (χ3n) is 13.0. The average Bonchev–Trinajstić information content (AvgIpc) is 3.53. The maximum absolute atomic E-state index is 14.1. The maximum Gasteiger partial charge on any atom is 0.316 e. The summed E-state index contributed by atoms with van der Waals surface area (Å²) in [5, 5.41) is 34.0. The predicted octanol–water partition coefficient (Wildman–Crippen LogP) is 3.18. The topological polar surface area (TPSA) is 179 Å². The molecule has 0 unspecified atom stereocenters. The highest BCUT2D eigenvalue weighted by molar-refractivity contribution is 5.78. The van der Waals surface area contributed by atoms with Gasteiger partial charge in [0.25, 0.3) is 0 Å². The predicted molar refractivity (Wildman–Crippen MR) is 206 cm³/mol. The summed E-state index contributed by atoms with van der Waals surface area (Å²) >= 11 is 0. The summed E-state index contributed by atoms with van der Waals surface area (Å²) in [6.07, 6.45) is 3.27. The van der Waals surface area contributed by atoms with Gasteiger partial charge in [0, 0.05) is 45.8 Å². The van der Waals surface area contributed by atoms with E-state index in [1.165, 1.54) is 0 Å². The van der Waals surface area contributed by atoms with Crippen molar-refractivity contribution in [1.29, 1.82) is 0 Å². The van der Waals surface area contributed by atoms with E-state index in [-0.39, 0.29) is 37.8 Å². The molecule has 0 radical (unpaired) electrons. The molecule has 5 saturated heterocycles. The van der Waals surface area contributed by atoms with Crippen LogP contribution in [0.15, 0.2) is 47.1 Å². The van der Waals surface area contributed by atoms with E-state index in [9.17, 15) is 20.1 Å². The van der Waals surface area contributed by atoms with Gasteiger partial charge >= 0.3 is 5.97 Å². The molecule has 5 fully saturated rings. The molecule has 6 aliphatic heterocycles. The van der Waals surface area contributed by atoms with E-state index in [4.69, 9.17) is 52.1 Å². The highest BCUT2D eigenvalue weighted by atomic mass is 16.7. The van der Waals surface area contributed by atoms with Crippen LogP contribution in [0.2, 0.25) is 0 Å². The molecule has 0 aromatic heterocycles. The number of esters is 1. The number of carbonyl (C=O) groups excluding carboxylic acids is 1. The SMILES string of the molecule is CO[C@H]1C[C@H](O[C@H]2[C@H](C)O[C@@H](O[C@@H]3/C(C)=C/C[C@@H]4C[C@@H](C[C@]5(CO[C@H](C)CO5)O4)OC(=O)[C@@H]4C=C(C)[C@@H](O)[C@H]5OC/C(=C\C=C\[C@@H]3C)[C@]54O)C[C@@H]2OC)O[C@@H](C)[C@@H]1O. The first-order chi connectivity index (χ1) is 27.6. The normalized spacial score (nSPS) is 50.1. The Morgan fingerprint density at radius 3 is 2.33 bits per heavy atom. The van der Waals surface area contributed by atoms with Gasteiger partial charge in [-0.2, -0.15) is 0 Å². The minimum atomic E-state index is -1.83. The van der Waals surface area contributed by atoms with Crippen LogP contribution >= 0.6 is 0 Å². The van der Waals surface area contributed by atoms with Crippen molar-refractivity contribution in [1.82, 2.24) is 0 Å². The van der Waals surface area contributed by atoms with Gasteiger partial charge in [-0.15, -0.1) is 0 Å². The van der Waals surface area contributed by atoms with Crippen molar-refractivity contribution < 1.29 is 72.2 Å². The van der Waals surface area contributed by atoms with Gasteiger partial charge in [-0.3, -0.25) is 4.79 Å². The average molecular weight is 821 g/mol. The fourth-order valence-electron chi connectivity index (χ4n) is 9.59. The van der Waals surface area contributed by atoms with Crippen molar-refractivity contribution in [3.8, 4) is 0 Å². The summed E-state index contributed by atoms with van der Waals surface area (Å²) in [4.78, 5) is 14.1. The number of aliphatic hydroxyl groups excluding tert-OH is 2. The highest BCUT2D eigenvalue weighted by Crippen LogP contribution is 2.46. The zero-order valence-electron chi connectivity index (χ0n) is 35.0. The lowest BCUT2D eigenvalue weighted by molar-refractivity contribution is -0.346. The summed E-state index contributed by atoms with van der Waals surface area (Å²) in [7, 11) is 3.20. The third kappa shape index (κ3) is 8.94. The second kappa shape index (κ2) is 18.1. The first-order valence-corrected chi connectivity index (χ1v) is 20.9. The zero-order chi connectivity index (χ0) is 41.5. The van der Waals surface area contributed by atoms with E-state index in [0.29, 0.717) is 43.4 Å². The van der Waals surface area contributed by atoms with Gasteiger partial charge in [0.15, 0.2) is 18.4 Å². The number of allylic oxidation sites excluding steroid dienone is 2. The lowest BCUT2D eigenvalue weighted by Crippen LogP contribution is -2.58. The molecule has 0 amide bonds. The smallest absolute Gasteiger partial charge is 0.316 e. The fraction of sp³-hybridized carbons (Fsp3) is 0.791. The number of hydrogen-bond donors (Lipinski definition) is 3. The van der Waals surface area contributed by atoms with Crippen LogP contribution in [0.25, 0.3) is 0 Å². The van der Waals surface area contributed by atoms with Crippen LogP contribution in [0.1, 0.15) is 73.6 Å². The second-order valence-corrected chi connectivity index (χ2v) is 17.3. The minimum absolute atomic E-state index is 0.0273. The van der Waals surface area contributed by atoms with Gasteiger partial charge in [-0.05, 0) is 57.8 Å². The largest absolute Gasteiger partial charge is 0.462 e. The van der Waals surface area contributed by atoms with Gasteiger partial charge in [0.05, 0.1) is 55.9 Å². The number of hydrogen-bond acceptors (Lipinski definition) is 15. The number of rotatable bonds is 6. The highest BCUT2D eigenvalue weighted by Gasteiger charge is 2.60. The van der Waals surface area contributed by atoms with Crippen LogP contribution in [0.5, 0.6) is 0 Å². The van der Waals surface area contributed by atoms with Crippen LogP contribution in [0.4, 0.5) is 0 Å². The number of fused-ring (bicyclic) bond motifs is 2. The van der Waals surface area contributed by atoms with Gasteiger partial charge in [-0.25, -0.2) is 0 Å². The standard InChI is InChI=1S/C43H64O15/c1-22-10-9-11-28-20-50-40-36(44)24(3)14-31(43(28,40)47)41(46)55-30-15-29(58-42(18-30)21-51-25(4)19-52-42)13-12-23(2)38(22)56-35-17-33(49-8)39(27(6)54-35)57-34-16-32(48-7)37(45)26(5)53-34/h9-12,14,22,25-27,29-40,44-45,47H,13,15-21H2,1-8H3/b10-9+,23-12+,28-11+/t22-,25+,26-,27-,29+,30-,31-,32-,33-,34-,35-,36+,37-,38-,39-,40+,42+,43+/m0/s1. The molecule has 7 aliphatic rings. The Hall–Kier alpha value is -2.09. The summed E-state index contributed by atoms with van der Waals surface area (Å²) in [6, 6.07) is 0. The Labute approximate surface area is 341 Å². The summed E-state index contributed by atoms with van der Waals surface area (Å²) in [5.41, 5.74) is 0.0994. The van der Waals surface area contributed by atoms with Gasteiger partial charge in [0.2, 0.25) is 0 Å². The lowest BCUT2D eigenvalue weighted by atomic mass is 9.71. The van der Waals surface area contributed by atoms with Crippen molar-refractivity contribution in [3.63, 3.8) is 0 Å². The van der Waals surface area contributed by atoms with E-state index >= 15 is 0 Å². The van der Waals surface area contributed by atoms with Crippen LogP contribution < -0.4 is 0 Å². The fourth-order valence-corrected chi connectivity index (χ4v) is 9.59. The van der Waals surface area contributed by atoms with Gasteiger partial charge < -0.3 is 67.4 Å². The molecule has 0 aromatic rings. The molecule has 6 heterocycles. The molecule has 0 saturated carbocycles. The summed E-state index contributed by atoms with van der Waals surface area (Å²) in [5.74, 6) is -3.02. The van der Waals surface area contributed by atoms with E-state index in [1.54, 1.807) is 40.2 Å². The Balaban J connectivity index is 1.16.